The number of cyclic esters (lactones) is 1. The van der Waals surface area contributed by atoms with Crippen molar-refractivity contribution in [3.8, 4) is 0 Å². The Balaban J connectivity index is 1.14. The topological polar surface area (TPSA) is 94.6 Å². The average Bonchev–Trinajstić information content (AvgIpc) is 3.13. The van der Waals surface area contributed by atoms with Crippen LogP contribution in [0.4, 0.5) is 0 Å². The second-order valence-electron chi connectivity index (χ2n) is 15.7. The Labute approximate surface area is 306 Å². The number of hydrogen-bond donors (Lipinski definition) is 0. The van der Waals surface area contributed by atoms with Crippen LogP contribution in [0, 0.1) is 11.8 Å². The fourth-order valence-electron chi connectivity index (χ4n) is 8.58. The number of likely N-dealkylation sites (tertiary alicyclic amines) is 2. The third-order valence-electron chi connectivity index (χ3n) is 11.4. The van der Waals surface area contributed by atoms with E-state index in [-0.39, 0.29) is 54.6 Å². The van der Waals surface area contributed by atoms with Crippen LogP contribution < -0.4 is 0 Å². The number of amides is 1. The standard InChI is InChI=1S/C42H64N2O7/c1-31-17-18-32(2)39(15-8-5-4-6-9-16-40(45)44-23-19-34(20-24-44)43-21-10-7-11-22-43)51-42(47)30-38-27-33(28-41(46)48-3)26-37(50-38)29-36-14-12-13-35(25-31)49-36/h4-5,8,15,17-18,28,31-32,34-39H,6-7,9-14,16,19-27,29-30H2,1-3H3/b5-4-,15-8+,18-17+,33-28-. The molecule has 5 heterocycles. The summed E-state index contributed by atoms with van der Waals surface area (Å²) >= 11 is 0. The molecule has 7 unspecified atom stereocenters. The molecule has 1 amide bonds. The highest BCUT2D eigenvalue weighted by Gasteiger charge is 2.33. The predicted molar refractivity (Wildman–Crippen MR) is 199 cm³/mol. The number of piperidine rings is 2. The number of ether oxygens (including phenoxy) is 4. The number of rotatable bonds is 8. The second kappa shape index (κ2) is 20.5. The molecule has 4 fully saturated rings. The van der Waals surface area contributed by atoms with Gasteiger partial charge in [0, 0.05) is 44.0 Å². The molecule has 0 radical (unpaired) electrons. The van der Waals surface area contributed by atoms with Gasteiger partial charge in [0.2, 0.25) is 5.91 Å². The minimum Gasteiger partial charge on any atom is -0.466 e. The Morgan fingerprint density at radius 1 is 0.843 bits per heavy atom. The van der Waals surface area contributed by atoms with E-state index in [1.54, 1.807) is 6.08 Å². The first-order valence-corrected chi connectivity index (χ1v) is 20.1. The van der Waals surface area contributed by atoms with Crippen LogP contribution >= 0.6 is 0 Å². The van der Waals surface area contributed by atoms with Gasteiger partial charge in [-0.3, -0.25) is 9.59 Å². The zero-order chi connectivity index (χ0) is 36.0. The lowest BCUT2D eigenvalue weighted by molar-refractivity contribution is -0.154. The van der Waals surface area contributed by atoms with Crippen molar-refractivity contribution in [2.75, 3.05) is 33.3 Å². The monoisotopic (exact) mass is 708 g/mol. The molecule has 0 aromatic carbocycles. The summed E-state index contributed by atoms with van der Waals surface area (Å²) in [5.41, 5.74) is 0.940. The van der Waals surface area contributed by atoms with Crippen LogP contribution in [0.25, 0.3) is 0 Å². The normalized spacial score (nSPS) is 33.7. The molecular formula is C42H64N2O7. The number of carbonyl (C=O) groups excluding carboxylic acids is 3. The van der Waals surface area contributed by atoms with Crippen LogP contribution in [-0.2, 0) is 33.3 Å². The molecule has 7 atom stereocenters. The van der Waals surface area contributed by atoms with Crippen LogP contribution in [0.2, 0.25) is 0 Å². The zero-order valence-electron chi connectivity index (χ0n) is 31.6. The number of esters is 2. The molecular weight excluding hydrogens is 644 g/mol. The Hall–Kier alpha value is -2.75. The van der Waals surface area contributed by atoms with Gasteiger partial charge in [-0.15, -0.1) is 0 Å². The third kappa shape index (κ3) is 13.0. The molecule has 51 heavy (non-hydrogen) atoms. The van der Waals surface area contributed by atoms with Crippen LogP contribution in [0.1, 0.15) is 117 Å². The summed E-state index contributed by atoms with van der Waals surface area (Å²) in [6.45, 7) is 8.52. The van der Waals surface area contributed by atoms with Gasteiger partial charge < -0.3 is 28.7 Å². The average molecular weight is 709 g/mol. The van der Waals surface area contributed by atoms with Crippen molar-refractivity contribution in [2.45, 2.75) is 153 Å². The summed E-state index contributed by atoms with van der Waals surface area (Å²) in [5, 5.41) is 0. The van der Waals surface area contributed by atoms with E-state index in [2.05, 4.69) is 41.9 Å². The Bertz CT molecular complexity index is 1250. The largest absolute Gasteiger partial charge is 0.466 e. The Kier molecular flexibility index (Phi) is 15.8. The number of hydrogen-bond acceptors (Lipinski definition) is 8. The molecule has 0 spiro atoms. The van der Waals surface area contributed by atoms with E-state index in [4.69, 9.17) is 18.9 Å². The van der Waals surface area contributed by atoms with Crippen molar-refractivity contribution in [3.63, 3.8) is 0 Å². The quantitative estimate of drug-likeness (QED) is 0.0856. The van der Waals surface area contributed by atoms with E-state index in [1.165, 1.54) is 39.5 Å². The number of methoxy groups -OCH3 is 1. The number of fused-ring (bicyclic) bond motifs is 4. The smallest absolute Gasteiger partial charge is 0.330 e. The van der Waals surface area contributed by atoms with Gasteiger partial charge in [0.25, 0.3) is 0 Å². The first-order chi connectivity index (χ1) is 24.7. The highest BCUT2D eigenvalue weighted by molar-refractivity contribution is 5.82. The summed E-state index contributed by atoms with van der Waals surface area (Å²) in [4.78, 5) is 43.1. The minimum atomic E-state index is -0.437. The van der Waals surface area contributed by atoms with Crippen molar-refractivity contribution >= 4 is 17.8 Å². The third-order valence-corrected chi connectivity index (χ3v) is 11.4. The molecule has 5 rings (SSSR count). The predicted octanol–water partition coefficient (Wildman–Crippen LogP) is 7.25. The van der Waals surface area contributed by atoms with Crippen LogP contribution in [0.5, 0.6) is 0 Å². The van der Waals surface area contributed by atoms with Gasteiger partial charge in [-0.25, -0.2) is 4.79 Å². The van der Waals surface area contributed by atoms with Crippen molar-refractivity contribution in [3.05, 3.63) is 48.1 Å². The molecule has 0 N–H and O–H groups in total. The maximum atomic E-state index is 13.4. The number of unbranched alkanes of at least 4 members (excludes halogenated alkanes) is 1. The van der Waals surface area contributed by atoms with Crippen molar-refractivity contribution < 1.29 is 33.3 Å². The molecule has 4 saturated heterocycles. The van der Waals surface area contributed by atoms with Crippen molar-refractivity contribution in [2.24, 2.45) is 11.8 Å². The molecule has 9 heteroatoms. The minimum absolute atomic E-state index is 0.0274. The lowest BCUT2D eigenvalue weighted by Crippen LogP contribution is -2.48. The summed E-state index contributed by atoms with van der Waals surface area (Å²) < 4.78 is 24.0. The Morgan fingerprint density at radius 2 is 1.57 bits per heavy atom. The highest BCUT2D eigenvalue weighted by atomic mass is 16.6. The van der Waals surface area contributed by atoms with E-state index in [0.29, 0.717) is 31.2 Å². The molecule has 9 nitrogen and oxygen atoms in total. The van der Waals surface area contributed by atoms with Crippen molar-refractivity contribution in [1.29, 1.82) is 0 Å². The van der Waals surface area contributed by atoms with Gasteiger partial charge in [-0.1, -0.05) is 56.2 Å². The van der Waals surface area contributed by atoms with E-state index in [9.17, 15) is 14.4 Å². The van der Waals surface area contributed by atoms with E-state index < -0.39 is 6.10 Å². The molecule has 284 valence electrons. The fraction of sp³-hybridized carbons (Fsp3) is 0.738. The van der Waals surface area contributed by atoms with E-state index in [0.717, 1.165) is 76.5 Å². The Morgan fingerprint density at radius 3 is 2.33 bits per heavy atom. The van der Waals surface area contributed by atoms with Crippen LogP contribution in [0.15, 0.2) is 48.1 Å². The molecule has 0 saturated carbocycles. The molecule has 5 aliphatic heterocycles. The van der Waals surface area contributed by atoms with Crippen LogP contribution in [0.3, 0.4) is 0 Å². The molecule has 0 aliphatic carbocycles. The SMILES string of the molecule is COC(=O)/C=C1\CC2CC(=O)OC(/C=C/C=C\CCCC(=O)N3CCC(N4CCCCC4)CC3)C(C)/C=C/C(C)CC3CCCC(CC(C1)O2)O3. The maximum absolute atomic E-state index is 13.4. The van der Waals surface area contributed by atoms with Gasteiger partial charge >= 0.3 is 11.9 Å². The van der Waals surface area contributed by atoms with Crippen LogP contribution in [-0.4, -0.2) is 97.5 Å². The maximum Gasteiger partial charge on any atom is 0.330 e. The zero-order valence-corrected chi connectivity index (χ0v) is 31.6. The fourth-order valence-corrected chi connectivity index (χ4v) is 8.58. The molecule has 0 aromatic heterocycles. The molecule has 5 aliphatic rings. The van der Waals surface area contributed by atoms with Gasteiger partial charge in [0.1, 0.15) is 6.10 Å². The molecule has 4 bridgehead atoms. The summed E-state index contributed by atoms with van der Waals surface area (Å²) in [6.07, 6.45) is 27.9. The lowest BCUT2D eigenvalue weighted by Gasteiger charge is -2.40. The second-order valence-corrected chi connectivity index (χ2v) is 15.7. The van der Waals surface area contributed by atoms with E-state index >= 15 is 0 Å². The van der Waals surface area contributed by atoms with Gasteiger partial charge in [0.15, 0.2) is 0 Å². The first-order valence-electron chi connectivity index (χ1n) is 20.1. The van der Waals surface area contributed by atoms with Gasteiger partial charge in [0.05, 0.1) is 37.9 Å². The van der Waals surface area contributed by atoms with Crippen molar-refractivity contribution in [1.82, 2.24) is 9.80 Å². The van der Waals surface area contributed by atoms with E-state index in [1.807, 2.05) is 18.2 Å². The highest BCUT2D eigenvalue weighted by Crippen LogP contribution is 2.34. The number of carbonyl (C=O) groups is 3. The molecule has 0 aromatic rings. The lowest BCUT2D eigenvalue weighted by atomic mass is 9.89. The van der Waals surface area contributed by atoms with Gasteiger partial charge in [-0.2, -0.15) is 0 Å². The number of nitrogens with zero attached hydrogens (tertiary/aromatic N) is 2. The summed E-state index contributed by atoms with van der Waals surface area (Å²) in [6, 6.07) is 0.652. The first kappa shape index (κ1) is 39.5. The summed E-state index contributed by atoms with van der Waals surface area (Å²) in [7, 11) is 1.38. The number of allylic oxidation sites excluding steroid dienone is 4. The summed E-state index contributed by atoms with van der Waals surface area (Å²) in [5.74, 6) is -0.117. The van der Waals surface area contributed by atoms with Gasteiger partial charge in [-0.05, 0) is 102 Å².